The number of anilines is 1. The summed E-state index contributed by atoms with van der Waals surface area (Å²) in [6.07, 6.45) is 0. The minimum absolute atomic E-state index is 0.279. The maximum atomic E-state index is 11.0. The molecule has 1 N–H and O–H groups in total. The van der Waals surface area contributed by atoms with Gasteiger partial charge in [-0.1, -0.05) is 17.7 Å². The summed E-state index contributed by atoms with van der Waals surface area (Å²) in [6, 6.07) is 5.29. The molecule has 8 heteroatoms. The maximum absolute atomic E-state index is 11.0. The minimum atomic E-state index is -2.04. The highest BCUT2D eigenvalue weighted by atomic mass is 35.5. The molecule has 1 atom stereocenters. The van der Waals surface area contributed by atoms with E-state index in [1.54, 1.807) is 23.9 Å². The van der Waals surface area contributed by atoms with Crippen molar-refractivity contribution in [1.82, 2.24) is 9.78 Å². The van der Waals surface area contributed by atoms with Crippen LogP contribution in [0.2, 0.25) is 5.02 Å². The van der Waals surface area contributed by atoms with E-state index in [0.717, 1.165) is 5.52 Å². The fourth-order valence-electron chi connectivity index (χ4n) is 1.44. The van der Waals surface area contributed by atoms with Gasteiger partial charge >= 0.3 is 0 Å². The molecular weight excluding hydrogens is 252 g/mol. The first-order valence-electron chi connectivity index (χ1n) is 4.26. The highest BCUT2D eigenvalue weighted by molar-refractivity contribution is 7.84. The van der Waals surface area contributed by atoms with Crippen molar-refractivity contribution in [1.29, 1.82) is 0 Å². The molecule has 0 bridgehead atoms. The lowest BCUT2D eigenvalue weighted by Gasteiger charge is -1.97. The summed E-state index contributed by atoms with van der Waals surface area (Å²) in [7, 11) is 1.72. The first-order chi connectivity index (χ1) is 7.63. The molecule has 16 heavy (non-hydrogen) atoms. The summed E-state index contributed by atoms with van der Waals surface area (Å²) in [5.41, 5.74) is 0.776. The van der Waals surface area contributed by atoms with Gasteiger partial charge in [0.15, 0.2) is 5.82 Å². The van der Waals surface area contributed by atoms with Crippen molar-refractivity contribution in [3.8, 4) is 0 Å². The molecule has 1 aromatic heterocycles. The molecule has 0 aliphatic carbocycles. The number of aryl methyl sites for hydroxylation is 1. The lowest BCUT2D eigenvalue weighted by atomic mass is 10.2. The Kier molecular flexibility index (Phi) is 2.88. The third kappa shape index (κ3) is 1.79. The number of nitroso groups, excluding NO2 is 1. The average Bonchev–Trinajstić information content (AvgIpc) is 2.57. The number of fused-ring (bicyclic) bond motifs is 1. The number of rotatable bonds is 3. The van der Waals surface area contributed by atoms with Gasteiger partial charge in [0.2, 0.25) is 0 Å². The van der Waals surface area contributed by atoms with E-state index in [-0.39, 0.29) is 5.82 Å². The Balaban J connectivity index is 2.61. The van der Waals surface area contributed by atoms with Gasteiger partial charge in [-0.05, 0) is 12.1 Å². The number of nitrogens with one attached hydrogen (secondary N) is 1. The second kappa shape index (κ2) is 4.18. The standard InChI is InChI=1S/C8H7ClN4O2S/c1-13-6-4-2-3-5(9)7(6)8(10-13)11-16(15)12-14/h2-4H,1H3,(H,10,11). The first kappa shape index (κ1) is 11.0. The monoisotopic (exact) mass is 258 g/mol. The number of benzene rings is 1. The second-order valence-corrected chi connectivity index (χ2v) is 4.29. The van der Waals surface area contributed by atoms with Crippen LogP contribution in [0.25, 0.3) is 10.9 Å². The highest BCUT2D eigenvalue weighted by Crippen LogP contribution is 2.29. The Morgan fingerprint density at radius 1 is 1.56 bits per heavy atom. The molecule has 1 unspecified atom stereocenters. The Morgan fingerprint density at radius 3 is 3.00 bits per heavy atom. The first-order valence-corrected chi connectivity index (χ1v) is 5.75. The van der Waals surface area contributed by atoms with E-state index in [0.29, 0.717) is 10.4 Å². The molecule has 0 amide bonds. The summed E-state index contributed by atoms with van der Waals surface area (Å²) in [5, 5.41) is 5.15. The van der Waals surface area contributed by atoms with E-state index in [2.05, 4.69) is 14.4 Å². The zero-order chi connectivity index (χ0) is 11.7. The van der Waals surface area contributed by atoms with Crippen LogP contribution >= 0.6 is 11.6 Å². The number of halogens is 1. The molecule has 0 saturated heterocycles. The van der Waals surface area contributed by atoms with Crippen LogP contribution < -0.4 is 4.72 Å². The van der Waals surface area contributed by atoms with Gasteiger partial charge in [0.05, 0.1) is 20.5 Å². The fraction of sp³-hybridized carbons (Fsp3) is 0.125. The van der Waals surface area contributed by atoms with Gasteiger partial charge in [-0.15, -0.1) is 4.91 Å². The van der Waals surface area contributed by atoms with Crippen molar-refractivity contribution in [3.63, 3.8) is 0 Å². The van der Waals surface area contributed by atoms with Crippen LogP contribution in [0.1, 0.15) is 0 Å². The SMILES string of the molecule is Cn1nc(NS(=O)N=O)c2c(Cl)cccc21. The largest absolute Gasteiger partial charge is 0.282 e. The van der Waals surface area contributed by atoms with Gasteiger partial charge in [0.1, 0.15) is 0 Å². The maximum Gasteiger partial charge on any atom is 0.282 e. The van der Waals surface area contributed by atoms with Crippen LogP contribution in [0.4, 0.5) is 5.82 Å². The molecule has 0 spiro atoms. The van der Waals surface area contributed by atoms with Crippen LogP contribution in [0.5, 0.6) is 0 Å². The van der Waals surface area contributed by atoms with Gasteiger partial charge < -0.3 is 0 Å². The Morgan fingerprint density at radius 2 is 2.31 bits per heavy atom. The zero-order valence-electron chi connectivity index (χ0n) is 8.18. The molecule has 2 aromatic rings. The second-order valence-electron chi connectivity index (χ2n) is 3.03. The Labute approximate surface area is 98.3 Å². The molecule has 1 aromatic carbocycles. The van der Waals surface area contributed by atoms with E-state index < -0.39 is 11.2 Å². The molecule has 0 aliphatic heterocycles. The third-order valence-electron chi connectivity index (χ3n) is 2.08. The van der Waals surface area contributed by atoms with Crippen LogP contribution in [0.15, 0.2) is 22.8 Å². The predicted octanol–water partition coefficient (Wildman–Crippen LogP) is 1.98. The van der Waals surface area contributed by atoms with Crippen molar-refractivity contribution >= 4 is 39.5 Å². The summed E-state index contributed by atoms with van der Waals surface area (Å²) in [4.78, 5) is 10.1. The van der Waals surface area contributed by atoms with Crippen molar-refractivity contribution < 1.29 is 4.21 Å². The number of hydrogen-bond acceptors (Lipinski definition) is 3. The minimum Gasteiger partial charge on any atom is -0.266 e. The molecule has 6 nitrogen and oxygen atoms in total. The average molecular weight is 259 g/mol. The van der Waals surface area contributed by atoms with Gasteiger partial charge in [0.25, 0.3) is 11.2 Å². The van der Waals surface area contributed by atoms with Gasteiger partial charge in [-0.25, -0.2) is 4.21 Å². The van der Waals surface area contributed by atoms with Crippen molar-refractivity contribution in [2.24, 2.45) is 11.6 Å². The lowest BCUT2D eigenvalue weighted by molar-refractivity contribution is 0.687. The smallest absolute Gasteiger partial charge is 0.266 e. The van der Waals surface area contributed by atoms with Crippen molar-refractivity contribution in [2.75, 3.05) is 4.72 Å². The molecule has 0 radical (unpaired) electrons. The van der Waals surface area contributed by atoms with E-state index in [9.17, 15) is 9.12 Å². The highest BCUT2D eigenvalue weighted by Gasteiger charge is 2.13. The molecule has 0 fully saturated rings. The predicted molar refractivity (Wildman–Crippen MR) is 63.3 cm³/mol. The fourth-order valence-corrected chi connectivity index (χ4v) is 2.05. The van der Waals surface area contributed by atoms with E-state index in [1.165, 1.54) is 0 Å². The molecule has 0 aliphatic rings. The molecule has 1 heterocycles. The molecule has 84 valence electrons. The molecular formula is C8H7ClN4O2S. The van der Waals surface area contributed by atoms with Crippen LogP contribution in [0, 0.1) is 4.91 Å². The molecule has 2 rings (SSSR count). The summed E-state index contributed by atoms with van der Waals surface area (Å²) >= 11 is 3.96. The number of nitrogens with zero attached hydrogens (tertiary/aromatic N) is 3. The Hall–Kier alpha value is -1.47. The Bertz CT molecular complexity index is 583. The lowest BCUT2D eigenvalue weighted by Crippen LogP contribution is -2.01. The van der Waals surface area contributed by atoms with Crippen LogP contribution in [-0.4, -0.2) is 14.0 Å². The third-order valence-corrected chi connectivity index (χ3v) is 2.90. The van der Waals surface area contributed by atoms with Crippen molar-refractivity contribution in [2.45, 2.75) is 0 Å². The van der Waals surface area contributed by atoms with Crippen LogP contribution in [0.3, 0.4) is 0 Å². The summed E-state index contributed by atoms with van der Waals surface area (Å²) < 4.78 is 17.3. The van der Waals surface area contributed by atoms with Crippen LogP contribution in [-0.2, 0) is 18.2 Å². The van der Waals surface area contributed by atoms with Gasteiger partial charge in [0, 0.05) is 7.05 Å². The zero-order valence-corrected chi connectivity index (χ0v) is 9.75. The van der Waals surface area contributed by atoms with E-state index in [4.69, 9.17) is 11.6 Å². The summed E-state index contributed by atoms with van der Waals surface area (Å²) in [5.74, 6) is 0.279. The normalized spacial score (nSPS) is 12.6. The topological polar surface area (TPSA) is 76.3 Å². The van der Waals surface area contributed by atoms with Gasteiger partial charge in [-0.3, -0.25) is 9.40 Å². The molecule has 0 saturated carbocycles. The van der Waals surface area contributed by atoms with Crippen molar-refractivity contribution in [3.05, 3.63) is 28.1 Å². The van der Waals surface area contributed by atoms with Gasteiger partial charge in [-0.2, -0.15) is 5.10 Å². The van der Waals surface area contributed by atoms with E-state index >= 15 is 0 Å². The number of hydrogen-bond donors (Lipinski definition) is 1. The quantitative estimate of drug-likeness (QED) is 0.856. The van der Waals surface area contributed by atoms with E-state index in [1.807, 2.05) is 6.07 Å². The summed E-state index contributed by atoms with van der Waals surface area (Å²) in [6.45, 7) is 0. The number of aromatic nitrogens is 2.